The number of fused-ring (bicyclic) bond motifs is 1. The Morgan fingerprint density at radius 1 is 1.23 bits per heavy atom. The van der Waals surface area contributed by atoms with E-state index < -0.39 is 23.7 Å². The number of nitrogens with one attached hydrogen (secondary N) is 1. The molecule has 1 aliphatic heterocycles. The van der Waals surface area contributed by atoms with Gasteiger partial charge < -0.3 is 20.1 Å². The summed E-state index contributed by atoms with van der Waals surface area (Å²) >= 11 is 0. The van der Waals surface area contributed by atoms with E-state index in [-0.39, 0.29) is 22.8 Å². The number of hydrogen-bond donors (Lipinski definition) is 2. The average Bonchev–Trinajstić information content (AvgIpc) is 3.04. The van der Waals surface area contributed by atoms with Crippen LogP contribution in [0.4, 0.5) is 23.5 Å². The number of phenols is 1. The second kappa shape index (κ2) is 7.63. The maximum Gasteiger partial charge on any atom is 0.573 e. The number of rotatable bonds is 4. The Kier molecular flexibility index (Phi) is 5.14. The summed E-state index contributed by atoms with van der Waals surface area (Å²) in [6, 6.07) is 4.34. The number of phenolic OH excluding ortho intramolecular Hbond substituents is 1. The van der Waals surface area contributed by atoms with E-state index in [0.717, 1.165) is 38.1 Å². The van der Waals surface area contributed by atoms with Crippen molar-refractivity contribution in [3.8, 4) is 22.8 Å². The predicted octanol–water partition coefficient (Wildman–Crippen LogP) is 3.65. The first-order valence-corrected chi connectivity index (χ1v) is 9.29. The molecule has 3 aromatic rings. The zero-order valence-corrected chi connectivity index (χ0v) is 15.9. The maximum absolute atomic E-state index is 14.6. The van der Waals surface area contributed by atoms with Gasteiger partial charge in [-0.2, -0.15) is 0 Å². The molecule has 1 aliphatic rings. The first-order chi connectivity index (χ1) is 14.2. The van der Waals surface area contributed by atoms with Gasteiger partial charge in [0, 0.05) is 30.4 Å². The van der Waals surface area contributed by atoms with Gasteiger partial charge >= 0.3 is 6.36 Å². The van der Waals surface area contributed by atoms with Gasteiger partial charge in [-0.05, 0) is 44.6 Å². The molecule has 0 saturated carbocycles. The van der Waals surface area contributed by atoms with Crippen LogP contribution in [-0.4, -0.2) is 57.1 Å². The molecule has 0 radical (unpaired) electrons. The van der Waals surface area contributed by atoms with Crippen molar-refractivity contribution >= 4 is 11.5 Å². The monoisotopic (exact) mass is 425 g/mol. The van der Waals surface area contributed by atoms with Crippen LogP contribution in [0.1, 0.15) is 12.8 Å². The van der Waals surface area contributed by atoms with E-state index in [1.807, 2.05) is 7.05 Å². The minimum Gasteiger partial charge on any atom is -0.507 e. The molecule has 1 saturated heterocycles. The summed E-state index contributed by atoms with van der Waals surface area (Å²) in [6.07, 6.45) is -1.46. The number of aromatic hydroxyl groups is 1. The van der Waals surface area contributed by atoms with Gasteiger partial charge in [0.25, 0.3) is 0 Å². The first kappa shape index (κ1) is 20.2. The molecular weight excluding hydrogens is 406 g/mol. The molecule has 0 aliphatic carbocycles. The second-order valence-electron chi connectivity index (χ2n) is 7.23. The molecule has 160 valence electrons. The topological polar surface area (TPSA) is 74.9 Å². The summed E-state index contributed by atoms with van der Waals surface area (Å²) in [5.74, 6) is -1.39. The summed E-state index contributed by atoms with van der Waals surface area (Å²) in [6.45, 7) is 1.81. The highest BCUT2D eigenvalue weighted by atomic mass is 19.4. The minimum absolute atomic E-state index is 0.000120. The number of likely N-dealkylation sites (N-methyl/N-ethyl adjacent to an activating group) is 1. The predicted molar refractivity (Wildman–Crippen MR) is 101 cm³/mol. The average molecular weight is 425 g/mol. The Labute approximate surface area is 168 Å². The fourth-order valence-corrected chi connectivity index (χ4v) is 3.66. The molecule has 7 nitrogen and oxygen atoms in total. The van der Waals surface area contributed by atoms with Gasteiger partial charge in [-0.3, -0.25) is 4.40 Å². The third-order valence-electron chi connectivity index (χ3n) is 4.95. The normalized spacial score (nSPS) is 18.0. The molecule has 0 bridgehead atoms. The number of halogens is 4. The van der Waals surface area contributed by atoms with Crippen LogP contribution in [0.2, 0.25) is 0 Å². The summed E-state index contributed by atoms with van der Waals surface area (Å²) in [5.41, 5.74) is 0.0832. The highest BCUT2D eigenvalue weighted by Gasteiger charge is 2.31. The number of alkyl halides is 3. The molecule has 0 spiro atoms. The van der Waals surface area contributed by atoms with E-state index in [0.29, 0.717) is 5.95 Å². The Bertz CT molecular complexity index is 1070. The lowest BCUT2D eigenvalue weighted by Gasteiger charge is -2.30. The van der Waals surface area contributed by atoms with Crippen molar-refractivity contribution < 1.29 is 27.4 Å². The Morgan fingerprint density at radius 2 is 2.03 bits per heavy atom. The van der Waals surface area contributed by atoms with E-state index in [2.05, 4.69) is 25.2 Å². The molecule has 4 rings (SSSR count). The van der Waals surface area contributed by atoms with E-state index in [1.165, 1.54) is 22.7 Å². The van der Waals surface area contributed by atoms with Crippen molar-refractivity contribution in [3.05, 3.63) is 36.3 Å². The van der Waals surface area contributed by atoms with Crippen LogP contribution in [0.3, 0.4) is 0 Å². The van der Waals surface area contributed by atoms with Gasteiger partial charge in [-0.15, -0.1) is 23.4 Å². The van der Waals surface area contributed by atoms with Crippen molar-refractivity contribution in [2.24, 2.45) is 0 Å². The van der Waals surface area contributed by atoms with Gasteiger partial charge in [0.15, 0.2) is 5.82 Å². The lowest BCUT2D eigenvalue weighted by Crippen LogP contribution is -2.40. The summed E-state index contributed by atoms with van der Waals surface area (Å²) in [7, 11) is 2.02. The summed E-state index contributed by atoms with van der Waals surface area (Å²) in [5, 5.41) is 21.7. The number of hydrogen-bond acceptors (Lipinski definition) is 6. The van der Waals surface area contributed by atoms with E-state index in [1.54, 1.807) is 0 Å². The maximum atomic E-state index is 14.6. The van der Waals surface area contributed by atoms with Gasteiger partial charge in [-0.25, -0.2) is 4.39 Å². The number of piperidine rings is 1. The van der Waals surface area contributed by atoms with Crippen LogP contribution in [-0.2, 0) is 0 Å². The Hall–Kier alpha value is -3.08. The third kappa shape index (κ3) is 4.11. The van der Waals surface area contributed by atoms with E-state index in [9.17, 15) is 22.7 Å². The standard InChI is InChI=1S/C19H19F4N5O2/c1-27-7-2-3-11(10-27)24-18-26-25-16(17-14(20)6-8-28(17)18)13-5-4-12(9-15(13)29)30-19(21,22)23/h4-6,8-9,11,29H,2-3,7,10H2,1H3,(H,24,26)/t11-/m1/s1. The molecular formula is C19H19F4N5O2. The number of benzene rings is 1. The van der Waals surface area contributed by atoms with Crippen molar-refractivity contribution in [2.45, 2.75) is 25.2 Å². The molecule has 11 heteroatoms. The van der Waals surface area contributed by atoms with Crippen molar-refractivity contribution in [2.75, 3.05) is 25.5 Å². The SMILES string of the molecule is CN1CCC[C@@H](Nc2nnc(-c3ccc(OC(F)(F)F)cc3O)c3c(F)ccn23)C1. The van der Waals surface area contributed by atoms with Crippen LogP contribution < -0.4 is 10.1 Å². The Balaban J connectivity index is 1.70. The molecule has 3 heterocycles. The Morgan fingerprint density at radius 3 is 2.73 bits per heavy atom. The quantitative estimate of drug-likeness (QED) is 0.622. The number of nitrogens with zero attached hydrogens (tertiary/aromatic N) is 4. The van der Waals surface area contributed by atoms with Gasteiger partial charge in [0.05, 0.1) is 0 Å². The molecule has 2 N–H and O–H groups in total. The summed E-state index contributed by atoms with van der Waals surface area (Å²) in [4.78, 5) is 2.18. The summed E-state index contributed by atoms with van der Waals surface area (Å²) < 4.78 is 57.0. The molecule has 1 aromatic carbocycles. The molecule has 1 atom stereocenters. The third-order valence-corrected chi connectivity index (χ3v) is 4.95. The number of likely N-dealkylation sites (tertiary alicyclic amines) is 1. The van der Waals surface area contributed by atoms with Crippen LogP contribution >= 0.6 is 0 Å². The van der Waals surface area contributed by atoms with E-state index in [4.69, 9.17) is 0 Å². The lowest BCUT2D eigenvalue weighted by molar-refractivity contribution is -0.274. The van der Waals surface area contributed by atoms with Crippen molar-refractivity contribution in [1.82, 2.24) is 19.5 Å². The van der Waals surface area contributed by atoms with Crippen molar-refractivity contribution in [3.63, 3.8) is 0 Å². The van der Waals surface area contributed by atoms with Gasteiger partial charge in [-0.1, -0.05) is 0 Å². The molecule has 1 fully saturated rings. The molecule has 2 aromatic heterocycles. The highest BCUT2D eigenvalue weighted by molar-refractivity contribution is 5.82. The van der Waals surface area contributed by atoms with Crippen LogP contribution in [0.25, 0.3) is 16.8 Å². The van der Waals surface area contributed by atoms with Crippen molar-refractivity contribution in [1.29, 1.82) is 0 Å². The zero-order chi connectivity index (χ0) is 21.5. The number of ether oxygens (including phenoxy) is 1. The first-order valence-electron chi connectivity index (χ1n) is 9.29. The fourth-order valence-electron chi connectivity index (χ4n) is 3.66. The lowest BCUT2D eigenvalue weighted by atomic mass is 10.1. The number of aromatic nitrogens is 3. The smallest absolute Gasteiger partial charge is 0.507 e. The molecule has 0 unspecified atom stereocenters. The van der Waals surface area contributed by atoms with E-state index >= 15 is 0 Å². The van der Waals surface area contributed by atoms with Gasteiger partial charge in [0.1, 0.15) is 22.7 Å². The van der Waals surface area contributed by atoms with Crippen LogP contribution in [0.5, 0.6) is 11.5 Å². The fraction of sp³-hybridized carbons (Fsp3) is 0.368. The molecule has 30 heavy (non-hydrogen) atoms. The number of anilines is 1. The largest absolute Gasteiger partial charge is 0.573 e. The molecule has 0 amide bonds. The van der Waals surface area contributed by atoms with Gasteiger partial charge in [0.2, 0.25) is 5.95 Å². The van der Waals surface area contributed by atoms with Crippen LogP contribution in [0.15, 0.2) is 30.5 Å². The highest BCUT2D eigenvalue weighted by Crippen LogP contribution is 2.36. The zero-order valence-electron chi connectivity index (χ0n) is 15.9. The minimum atomic E-state index is -4.89. The van der Waals surface area contributed by atoms with Crippen LogP contribution in [0, 0.1) is 5.82 Å². The second-order valence-corrected chi connectivity index (χ2v) is 7.23.